The normalized spacial score (nSPS) is 11.2. The molecule has 172 valence electrons. The number of carbonyl (C=O) groups is 2. The third-order valence-corrected chi connectivity index (χ3v) is 6.41. The second-order valence-corrected chi connectivity index (χ2v) is 9.24. The van der Waals surface area contributed by atoms with E-state index in [2.05, 4.69) is 20.7 Å². The van der Waals surface area contributed by atoms with Crippen LogP contribution in [0.3, 0.4) is 0 Å². The maximum atomic E-state index is 12.5. The number of methoxy groups -OCH3 is 1. The fraction of sp³-hybridized carbons (Fsp3) is 0.227. The van der Waals surface area contributed by atoms with Gasteiger partial charge < -0.3 is 15.2 Å². The lowest BCUT2D eigenvalue weighted by Gasteiger charge is -2.11. The molecule has 3 aromatic rings. The summed E-state index contributed by atoms with van der Waals surface area (Å²) in [6.45, 7) is 3.43. The maximum Gasteiger partial charge on any atom is 0.271 e. The van der Waals surface area contributed by atoms with Crippen molar-refractivity contribution in [1.82, 2.24) is 15.6 Å². The van der Waals surface area contributed by atoms with E-state index in [-0.39, 0.29) is 12.5 Å². The summed E-state index contributed by atoms with van der Waals surface area (Å²) in [5.41, 5.74) is 10.5. The van der Waals surface area contributed by atoms with Crippen LogP contribution in [0, 0.1) is 6.92 Å². The molecule has 0 saturated carbocycles. The Kier molecular flexibility index (Phi) is 8.39. The van der Waals surface area contributed by atoms with Gasteiger partial charge in [0.2, 0.25) is 0 Å². The van der Waals surface area contributed by atoms with Crippen molar-refractivity contribution < 1.29 is 19.1 Å². The lowest BCUT2D eigenvalue weighted by molar-refractivity contribution is -0.119. The summed E-state index contributed by atoms with van der Waals surface area (Å²) in [7, 11) is 1.49. The van der Waals surface area contributed by atoms with Crippen LogP contribution < -0.4 is 20.6 Å². The van der Waals surface area contributed by atoms with Gasteiger partial charge in [0.25, 0.3) is 11.8 Å². The first-order chi connectivity index (χ1) is 15.9. The molecule has 1 heterocycles. The fourth-order valence-corrected chi connectivity index (χ4v) is 4.43. The first-order valence-electron chi connectivity index (χ1n) is 9.81. The van der Waals surface area contributed by atoms with E-state index in [1.54, 1.807) is 60.4 Å². The SMILES string of the molecule is COc1cc(C(C)=NNC(=O)c2ccc(CSc3nnc(C)s3)cc2)ccc1OCC(N)=O. The molecule has 0 fully saturated rings. The Morgan fingerprint density at radius 2 is 1.85 bits per heavy atom. The van der Waals surface area contributed by atoms with E-state index in [0.29, 0.717) is 22.8 Å². The summed E-state index contributed by atoms with van der Waals surface area (Å²) in [6.07, 6.45) is 0. The van der Waals surface area contributed by atoms with Crippen molar-refractivity contribution >= 4 is 40.6 Å². The van der Waals surface area contributed by atoms with Crippen molar-refractivity contribution in [2.45, 2.75) is 23.9 Å². The summed E-state index contributed by atoms with van der Waals surface area (Å²) >= 11 is 3.17. The number of nitrogens with zero attached hydrogens (tertiary/aromatic N) is 3. The van der Waals surface area contributed by atoms with Crippen LogP contribution in [0.5, 0.6) is 11.5 Å². The number of hydrazone groups is 1. The van der Waals surface area contributed by atoms with Gasteiger partial charge in [0.05, 0.1) is 12.8 Å². The van der Waals surface area contributed by atoms with Crippen molar-refractivity contribution in [2.75, 3.05) is 13.7 Å². The molecule has 0 spiro atoms. The monoisotopic (exact) mass is 485 g/mol. The highest BCUT2D eigenvalue weighted by molar-refractivity contribution is 8.00. The molecule has 1 aromatic heterocycles. The van der Waals surface area contributed by atoms with Crippen LogP contribution in [0.15, 0.2) is 51.9 Å². The number of ether oxygens (including phenoxy) is 2. The van der Waals surface area contributed by atoms with Crippen LogP contribution in [0.2, 0.25) is 0 Å². The number of rotatable bonds is 10. The van der Waals surface area contributed by atoms with E-state index in [4.69, 9.17) is 15.2 Å². The number of thioether (sulfide) groups is 1. The van der Waals surface area contributed by atoms with Gasteiger partial charge in [-0.3, -0.25) is 9.59 Å². The molecule has 0 aliphatic rings. The summed E-state index contributed by atoms with van der Waals surface area (Å²) in [5, 5.41) is 13.2. The minimum Gasteiger partial charge on any atom is -0.493 e. The van der Waals surface area contributed by atoms with Gasteiger partial charge in [0, 0.05) is 16.9 Å². The van der Waals surface area contributed by atoms with E-state index >= 15 is 0 Å². The fourth-order valence-electron chi connectivity index (χ4n) is 2.66. The van der Waals surface area contributed by atoms with Crippen molar-refractivity contribution in [2.24, 2.45) is 10.8 Å². The zero-order valence-corrected chi connectivity index (χ0v) is 20.0. The number of hydrogen-bond donors (Lipinski definition) is 2. The minimum atomic E-state index is -0.583. The third-order valence-electron chi connectivity index (χ3n) is 4.36. The number of primary amides is 1. The van der Waals surface area contributed by atoms with Gasteiger partial charge in [0.1, 0.15) is 5.01 Å². The molecule has 0 saturated heterocycles. The number of carbonyl (C=O) groups excluding carboxylic acids is 2. The molecule has 0 unspecified atom stereocenters. The second kappa shape index (κ2) is 11.4. The average Bonchev–Trinajstić information content (AvgIpc) is 3.24. The average molecular weight is 486 g/mol. The van der Waals surface area contributed by atoms with Crippen molar-refractivity contribution in [3.8, 4) is 11.5 Å². The number of aromatic nitrogens is 2. The Balaban J connectivity index is 1.59. The van der Waals surface area contributed by atoms with E-state index in [1.807, 2.05) is 19.1 Å². The van der Waals surface area contributed by atoms with Crippen molar-refractivity contribution in [3.05, 3.63) is 64.2 Å². The number of nitrogens with two attached hydrogens (primary N) is 1. The Morgan fingerprint density at radius 3 is 2.48 bits per heavy atom. The minimum absolute atomic E-state index is 0.252. The molecule has 3 N–H and O–H groups in total. The standard InChI is InChI=1S/C22H23N5O4S2/c1-13(17-8-9-18(19(10-17)30-3)31-11-20(23)28)24-26-21(29)16-6-4-15(5-7-16)12-32-22-27-25-14(2)33-22/h4-10H,11-12H2,1-3H3,(H2,23,28)(H,26,29). The number of benzene rings is 2. The summed E-state index contributed by atoms with van der Waals surface area (Å²) in [4.78, 5) is 23.4. The van der Waals surface area contributed by atoms with E-state index in [9.17, 15) is 9.59 Å². The van der Waals surface area contributed by atoms with Gasteiger partial charge in [-0.25, -0.2) is 5.43 Å². The Hall–Kier alpha value is -3.44. The van der Waals surface area contributed by atoms with Crippen LogP contribution in [-0.2, 0) is 10.5 Å². The summed E-state index contributed by atoms with van der Waals surface area (Å²) in [5.74, 6) is 0.652. The second-order valence-electron chi connectivity index (χ2n) is 6.83. The zero-order chi connectivity index (χ0) is 23.8. The largest absolute Gasteiger partial charge is 0.493 e. The molecule has 2 aromatic carbocycles. The first-order valence-corrected chi connectivity index (χ1v) is 11.6. The van der Waals surface area contributed by atoms with Gasteiger partial charge in [-0.15, -0.1) is 10.2 Å². The highest BCUT2D eigenvalue weighted by atomic mass is 32.2. The van der Waals surface area contributed by atoms with Gasteiger partial charge in [-0.2, -0.15) is 5.10 Å². The van der Waals surface area contributed by atoms with Crippen LogP contribution in [0.25, 0.3) is 0 Å². The molecule has 0 aliphatic carbocycles. The van der Waals surface area contributed by atoms with Crippen LogP contribution in [0.4, 0.5) is 0 Å². The number of nitrogens with one attached hydrogen (secondary N) is 1. The molecule has 3 rings (SSSR count). The van der Waals surface area contributed by atoms with Gasteiger partial charge >= 0.3 is 0 Å². The topological polar surface area (TPSA) is 129 Å². The Bertz CT molecular complexity index is 1160. The molecule has 0 aliphatic heterocycles. The van der Waals surface area contributed by atoms with Crippen LogP contribution in [0.1, 0.15) is 33.4 Å². The van der Waals surface area contributed by atoms with Gasteiger partial charge in [-0.05, 0) is 49.7 Å². The van der Waals surface area contributed by atoms with Gasteiger partial charge in [0.15, 0.2) is 22.4 Å². The van der Waals surface area contributed by atoms with Crippen LogP contribution in [-0.4, -0.2) is 41.4 Å². The predicted octanol–water partition coefficient (Wildman–Crippen LogP) is 3.17. The molecular formula is C22H23N5O4S2. The number of hydrogen-bond acceptors (Lipinski definition) is 9. The quantitative estimate of drug-likeness (QED) is 0.256. The third kappa shape index (κ3) is 7.02. The molecule has 0 bridgehead atoms. The molecule has 11 heteroatoms. The highest BCUT2D eigenvalue weighted by Crippen LogP contribution is 2.28. The Labute approximate surface area is 199 Å². The van der Waals surface area contributed by atoms with Crippen molar-refractivity contribution in [3.63, 3.8) is 0 Å². The molecule has 33 heavy (non-hydrogen) atoms. The predicted molar refractivity (Wildman–Crippen MR) is 128 cm³/mol. The molecular weight excluding hydrogens is 462 g/mol. The number of aryl methyl sites for hydroxylation is 1. The zero-order valence-electron chi connectivity index (χ0n) is 18.3. The number of amides is 2. The summed E-state index contributed by atoms with van der Waals surface area (Å²) in [6, 6.07) is 12.4. The Morgan fingerprint density at radius 1 is 1.12 bits per heavy atom. The summed E-state index contributed by atoms with van der Waals surface area (Å²) < 4.78 is 11.5. The lowest BCUT2D eigenvalue weighted by Crippen LogP contribution is -2.20. The lowest BCUT2D eigenvalue weighted by atomic mass is 10.1. The van der Waals surface area contributed by atoms with E-state index < -0.39 is 5.91 Å². The van der Waals surface area contributed by atoms with E-state index in [1.165, 1.54) is 7.11 Å². The highest BCUT2D eigenvalue weighted by Gasteiger charge is 2.10. The molecule has 0 atom stereocenters. The van der Waals surface area contributed by atoms with Crippen molar-refractivity contribution in [1.29, 1.82) is 0 Å². The van der Waals surface area contributed by atoms with Crippen LogP contribution >= 0.6 is 23.1 Å². The maximum absolute atomic E-state index is 12.5. The molecule has 2 amide bonds. The molecule has 0 radical (unpaired) electrons. The smallest absolute Gasteiger partial charge is 0.271 e. The van der Waals surface area contributed by atoms with Gasteiger partial charge in [-0.1, -0.05) is 35.2 Å². The first kappa shape index (κ1) is 24.2. The van der Waals surface area contributed by atoms with E-state index in [0.717, 1.165) is 26.2 Å². The molecule has 9 nitrogen and oxygen atoms in total.